The molecule has 0 amide bonds. The van der Waals surface area contributed by atoms with Gasteiger partial charge >= 0.3 is 0 Å². The molecule has 0 aromatic carbocycles. The Labute approximate surface area is 45.9 Å². The lowest BCUT2D eigenvalue weighted by Gasteiger charge is -1.74. The zero-order valence-electron chi connectivity index (χ0n) is 4.05. The first kappa shape index (κ1) is 3.72. The van der Waals surface area contributed by atoms with Gasteiger partial charge in [-0.15, -0.1) is 0 Å². The van der Waals surface area contributed by atoms with Crippen molar-refractivity contribution in [1.82, 2.24) is 14.6 Å². The van der Waals surface area contributed by atoms with Crippen LogP contribution < -0.4 is 0 Å². The van der Waals surface area contributed by atoms with Crippen molar-refractivity contribution in [1.29, 1.82) is 0 Å². The lowest BCUT2D eigenvalue weighted by Crippen LogP contribution is -1.75. The van der Waals surface area contributed by atoms with Crippen LogP contribution >= 0.6 is 0 Å². The summed E-state index contributed by atoms with van der Waals surface area (Å²) in [5.74, 6) is 0. The molecule has 8 heavy (non-hydrogen) atoms. The summed E-state index contributed by atoms with van der Waals surface area (Å²) in [4.78, 5) is 3.85. The smallest absolute Gasteiger partial charge is 0.154 e. The molecule has 0 spiro atoms. The lowest BCUT2D eigenvalue weighted by molar-refractivity contribution is 0.968. The number of fused-ring (bicyclic) bond motifs is 1. The van der Waals surface area contributed by atoms with Crippen LogP contribution in [0.5, 0.6) is 0 Å². The van der Waals surface area contributed by atoms with Crippen LogP contribution in [0.3, 0.4) is 0 Å². The molecule has 38 valence electrons. The summed E-state index contributed by atoms with van der Waals surface area (Å²) in [6.45, 7) is 0. The van der Waals surface area contributed by atoms with Crippen LogP contribution in [0, 0.1) is 12.4 Å². The predicted molar refractivity (Wildman–Crippen MR) is 27.2 cm³/mol. The fourth-order valence-electron chi connectivity index (χ4n) is 0.630. The Morgan fingerprint density at radius 2 is 2.75 bits per heavy atom. The minimum atomic E-state index is 0.852. The van der Waals surface area contributed by atoms with Crippen LogP contribution in [0.25, 0.3) is 5.65 Å². The van der Waals surface area contributed by atoms with E-state index in [4.69, 9.17) is 0 Å². The van der Waals surface area contributed by atoms with E-state index < -0.39 is 0 Å². The zero-order valence-corrected chi connectivity index (χ0v) is 4.05. The second-order valence-corrected chi connectivity index (χ2v) is 1.50. The second kappa shape index (κ2) is 1.12. The van der Waals surface area contributed by atoms with Gasteiger partial charge in [-0.2, -0.15) is 0 Å². The standard InChI is InChI=1S/C5H3N3/c1-2-7-8-4-3-6-5(1)8/h1,4,7H. The van der Waals surface area contributed by atoms with Gasteiger partial charge in [0.25, 0.3) is 0 Å². The SMILES string of the molecule is [c]1cn2[nH][c]cc2n1. The molecule has 0 fully saturated rings. The quantitative estimate of drug-likeness (QED) is 0.512. The minimum absolute atomic E-state index is 0.852. The van der Waals surface area contributed by atoms with E-state index in [0.717, 1.165) is 5.65 Å². The highest BCUT2D eigenvalue weighted by Crippen LogP contribution is 1.92. The van der Waals surface area contributed by atoms with Gasteiger partial charge in [-0.3, -0.25) is 5.10 Å². The van der Waals surface area contributed by atoms with Crippen molar-refractivity contribution >= 4 is 5.65 Å². The first-order chi connectivity index (χ1) is 3.97. The molecule has 0 aliphatic heterocycles. The monoisotopic (exact) mass is 105 g/mol. The molecule has 0 aliphatic rings. The number of rotatable bonds is 0. The molecular weight excluding hydrogens is 102 g/mol. The number of nitrogens with zero attached hydrogens (tertiary/aromatic N) is 2. The summed E-state index contributed by atoms with van der Waals surface area (Å²) in [7, 11) is 0. The zero-order chi connectivity index (χ0) is 5.40. The molecule has 2 heterocycles. The fraction of sp³-hybridized carbons (Fsp3) is 0. The van der Waals surface area contributed by atoms with Gasteiger partial charge in [0.05, 0.1) is 12.4 Å². The van der Waals surface area contributed by atoms with Crippen molar-refractivity contribution in [2.24, 2.45) is 0 Å². The van der Waals surface area contributed by atoms with Crippen LogP contribution in [0.4, 0.5) is 0 Å². The van der Waals surface area contributed by atoms with Gasteiger partial charge in [0.15, 0.2) is 5.65 Å². The Morgan fingerprint density at radius 3 is 3.62 bits per heavy atom. The van der Waals surface area contributed by atoms with Gasteiger partial charge in [0.1, 0.15) is 6.20 Å². The highest BCUT2D eigenvalue weighted by molar-refractivity contribution is 5.33. The molecule has 0 unspecified atom stereocenters. The van der Waals surface area contributed by atoms with Crippen molar-refractivity contribution in [3.05, 3.63) is 24.7 Å². The second-order valence-electron chi connectivity index (χ2n) is 1.50. The Morgan fingerprint density at radius 1 is 1.75 bits per heavy atom. The summed E-state index contributed by atoms with van der Waals surface area (Å²) in [5, 5.41) is 2.80. The van der Waals surface area contributed by atoms with Gasteiger partial charge in [-0.1, -0.05) is 0 Å². The summed E-state index contributed by atoms with van der Waals surface area (Å²) in [6.07, 6.45) is 7.17. The number of aromatic amines is 1. The number of imidazole rings is 1. The summed E-state index contributed by atoms with van der Waals surface area (Å²) >= 11 is 0. The molecule has 3 heteroatoms. The van der Waals surface area contributed by atoms with Gasteiger partial charge in [-0.25, -0.2) is 9.50 Å². The molecule has 0 saturated heterocycles. The molecule has 2 aromatic heterocycles. The summed E-state index contributed by atoms with van der Waals surface area (Å²) in [5.41, 5.74) is 0.852. The summed E-state index contributed by atoms with van der Waals surface area (Å²) < 4.78 is 1.74. The van der Waals surface area contributed by atoms with E-state index in [1.807, 2.05) is 0 Å². The highest BCUT2D eigenvalue weighted by Gasteiger charge is 1.88. The average molecular weight is 105 g/mol. The van der Waals surface area contributed by atoms with Crippen LogP contribution in [-0.2, 0) is 0 Å². The largest absolute Gasteiger partial charge is 0.291 e. The van der Waals surface area contributed by atoms with Crippen molar-refractivity contribution in [2.75, 3.05) is 0 Å². The Bertz CT molecular complexity index is 229. The predicted octanol–water partition coefficient (Wildman–Crippen LogP) is 0.263. The van der Waals surface area contributed by atoms with Gasteiger partial charge < -0.3 is 0 Å². The van der Waals surface area contributed by atoms with Crippen molar-refractivity contribution < 1.29 is 0 Å². The molecule has 2 rings (SSSR count). The van der Waals surface area contributed by atoms with E-state index >= 15 is 0 Å². The molecule has 0 saturated carbocycles. The third-order valence-corrected chi connectivity index (χ3v) is 0.999. The average Bonchev–Trinajstić information content (AvgIpc) is 2.15. The highest BCUT2D eigenvalue weighted by atomic mass is 15.2. The van der Waals surface area contributed by atoms with E-state index in [-0.39, 0.29) is 0 Å². The van der Waals surface area contributed by atoms with E-state index in [1.54, 1.807) is 16.8 Å². The third-order valence-electron chi connectivity index (χ3n) is 0.999. The van der Waals surface area contributed by atoms with Crippen molar-refractivity contribution in [2.45, 2.75) is 0 Å². The maximum absolute atomic E-state index is 3.85. The molecular formula is C5H3N3. The maximum Gasteiger partial charge on any atom is 0.154 e. The minimum Gasteiger partial charge on any atom is -0.291 e. The molecule has 2 radical (unpaired) electrons. The van der Waals surface area contributed by atoms with E-state index in [2.05, 4.69) is 22.5 Å². The number of hydrogen-bond acceptors (Lipinski definition) is 1. The van der Waals surface area contributed by atoms with Crippen molar-refractivity contribution in [3.63, 3.8) is 0 Å². The van der Waals surface area contributed by atoms with Crippen molar-refractivity contribution in [3.8, 4) is 0 Å². The van der Waals surface area contributed by atoms with E-state index in [9.17, 15) is 0 Å². The molecule has 1 N–H and O–H groups in total. The van der Waals surface area contributed by atoms with Crippen LogP contribution in [0.1, 0.15) is 0 Å². The Hall–Kier alpha value is -1.25. The number of aromatic nitrogens is 3. The van der Waals surface area contributed by atoms with Gasteiger partial charge in [0, 0.05) is 6.07 Å². The van der Waals surface area contributed by atoms with Gasteiger partial charge in [0.2, 0.25) is 0 Å². The number of nitrogens with one attached hydrogen (secondary N) is 1. The van der Waals surface area contributed by atoms with Crippen LogP contribution in [-0.4, -0.2) is 14.6 Å². The summed E-state index contributed by atoms with van der Waals surface area (Å²) in [6, 6.07) is 1.76. The maximum atomic E-state index is 3.85. The number of hydrogen-bond donors (Lipinski definition) is 1. The molecule has 0 atom stereocenters. The molecule has 0 bridgehead atoms. The van der Waals surface area contributed by atoms with E-state index in [0.29, 0.717) is 0 Å². The normalized spacial score (nSPS) is 10.5. The van der Waals surface area contributed by atoms with E-state index in [1.165, 1.54) is 0 Å². The van der Waals surface area contributed by atoms with Crippen LogP contribution in [0.15, 0.2) is 12.3 Å². The molecule has 2 aromatic rings. The fourth-order valence-corrected chi connectivity index (χ4v) is 0.630. The first-order valence-electron chi connectivity index (χ1n) is 2.27. The molecule has 3 nitrogen and oxygen atoms in total. The third kappa shape index (κ3) is 0.307. The molecule has 0 aliphatic carbocycles. The number of H-pyrrole nitrogens is 1. The van der Waals surface area contributed by atoms with Crippen LogP contribution in [0.2, 0.25) is 0 Å². The topological polar surface area (TPSA) is 33.1 Å². The first-order valence-corrected chi connectivity index (χ1v) is 2.27. The lowest BCUT2D eigenvalue weighted by atomic mass is 10.7. The van der Waals surface area contributed by atoms with Gasteiger partial charge in [-0.05, 0) is 0 Å². The Kier molecular flexibility index (Phi) is 0.521. The Balaban J connectivity index is 3.06.